The third-order valence-corrected chi connectivity index (χ3v) is 7.21. The molecule has 1 aliphatic heterocycles. The van der Waals surface area contributed by atoms with E-state index in [0.29, 0.717) is 27.4 Å². The number of halogens is 3. The molecule has 0 bridgehead atoms. The molecular formula is C20H23Cl3N2O4S. The van der Waals surface area contributed by atoms with E-state index in [1.807, 2.05) is 0 Å². The smallest absolute Gasteiger partial charge is 0.240 e. The first-order chi connectivity index (χ1) is 14.2. The Kier molecular flexibility index (Phi) is 8.26. The Balaban J connectivity index is 1.42. The van der Waals surface area contributed by atoms with Gasteiger partial charge in [-0.2, -0.15) is 0 Å². The van der Waals surface area contributed by atoms with Gasteiger partial charge >= 0.3 is 0 Å². The van der Waals surface area contributed by atoms with Crippen LogP contribution >= 0.6 is 34.8 Å². The highest BCUT2D eigenvalue weighted by Crippen LogP contribution is 2.28. The predicted molar refractivity (Wildman–Crippen MR) is 119 cm³/mol. The van der Waals surface area contributed by atoms with E-state index < -0.39 is 16.1 Å². The van der Waals surface area contributed by atoms with Crippen molar-refractivity contribution in [1.29, 1.82) is 0 Å². The number of aliphatic hydroxyl groups is 1. The van der Waals surface area contributed by atoms with Crippen LogP contribution in [0.2, 0.25) is 15.1 Å². The molecule has 0 radical (unpaired) electrons. The van der Waals surface area contributed by atoms with Crippen molar-refractivity contribution >= 4 is 44.8 Å². The van der Waals surface area contributed by atoms with E-state index in [-0.39, 0.29) is 17.5 Å². The number of hydrogen-bond donors (Lipinski definition) is 2. The highest BCUT2D eigenvalue weighted by molar-refractivity contribution is 7.89. The van der Waals surface area contributed by atoms with Crippen LogP contribution in [-0.2, 0) is 10.0 Å². The topological polar surface area (TPSA) is 78.9 Å². The van der Waals surface area contributed by atoms with Crippen LogP contribution in [0.25, 0.3) is 0 Å². The number of likely N-dealkylation sites (tertiary alicyclic amines) is 1. The van der Waals surface area contributed by atoms with E-state index >= 15 is 0 Å². The number of piperidine rings is 1. The highest BCUT2D eigenvalue weighted by Gasteiger charge is 2.23. The summed E-state index contributed by atoms with van der Waals surface area (Å²) < 4.78 is 33.0. The van der Waals surface area contributed by atoms with Crippen molar-refractivity contribution in [2.45, 2.75) is 29.9 Å². The van der Waals surface area contributed by atoms with Crippen LogP contribution in [0.3, 0.4) is 0 Å². The minimum atomic E-state index is -3.72. The molecule has 1 aliphatic rings. The van der Waals surface area contributed by atoms with E-state index in [4.69, 9.17) is 39.5 Å². The molecule has 1 saturated heterocycles. The summed E-state index contributed by atoms with van der Waals surface area (Å²) in [5.74, 6) is 0.679. The van der Waals surface area contributed by atoms with Crippen molar-refractivity contribution in [3.63, 3.8) is 0 Å². The fourth-order valence-electron chi connectivity index (χ4n) is 3.24. The lowest BCUT2D eigenvalue weighted by molar-refractivity contribution is 0.0630. The van der Waals surface area contributed by atoms with Gasteiger partial charge in [-0.15, -0.1) is 0 Å². The van der Waals surface area contributed by atoms with E-state index in [1.165, 1.54) is 12.1 Å². The molecule has 30 heavy (non-hydrogen) atoms. The first-order valence-corrected chi connectivity index (χ1v) is 12.1. The molecule has 6 nitrogen and oxygen atoms in total. The van der Waals surface area contributed by atoms with Gasteiger partial charge in [0.05, 0.1) is 21.0 Å². The third-order valence-electron chi connectivity index (χ3n) is 4.81. The molecule has 3 rings (SSSR count). The van der Waals surface area contributed by atoms with Crippen LogP contribution in [0.15, 0.2) is 47.4 Å². The zero-order valence-electron chi connectivity index (χ0n) is 16.1. The SMILES string of the molecule is O=S(=O)(NC[C@@H](O)CN1CCC(Oc2ccc(Cl)c(Cl)c2)CC1)c1cccc(Cl)c1. The monoisotopic (exact) mass is 492 g/mol. The summed E-state index contributed by atoms with van der Waals surface area (Å²) in [7, 11) is -3.72. The number of nitrogens with one attached hydrogen (secondary N) is 1. The zero-order valence-corrected chi connectivity index (χ0v) is 19.2. The van der Waals surface area contributed by atoms with Gasteiger partial charge in [-0.05, 0) is 43.2 Å². The van der Waals surface area contributed by atoms with Gasteiger partial charge in [0.25, 0.3) is 0 Å². The Morgan fingerprint density at radius 1 is 1.10 bits per heavy atom. The minimum Gasteiger partial charge on any atom is -0.490 e. The van der Waals surface area contributed by atoms with E-state index in [9.17, 15) is 13.5 Å². The molecule has 1 fully saturated rings. The highest BCUT2D eigenvalue weighted by atomic mass is 35.5. The average molecular weight is 494 g/mol. The molecule has 1 atom stereocenters. The van der Waals surface area contributed by atoms with E-state index in [1.54, 1.807) is 30.3 Å². The van der Waals surface area contributed by atoms with Crippen molar-refractivity contribution in [3.8, 4) is 5.75 Å². The summed E-state index contributed by atoms with van der Waals surface area (Å²) in [5.41, 5.74) is 0. The van der Waals surface area contributed by atoms with Crippen molar-refractivity contribution in [1.82, 2.24) is 9.62 Å². The standard InChI is InChI=1S/C20H23Cl3N2O4S/c21-14-2-1-3-18(10-14)30(27,28)24-12-15(26)13-25-8-6-16(7-9-25)29-17-4-5-19(22)20(23)11-17/h1-5,10-11,15-16,24,26H,6-9,12-13H2/t15-/m1/s1. The average Bonchev–Trinajstić information content (AvgIpc) is 2.71. The Hall–Kier alpha value is -1.06. The van der Waals surface area contributed by atoms with Crippen LogP contribution in [-0.4, -0.2) is 56.8 Å². The van der Waals surface area contributed by atoms with E-state index in [2.05, 4.69) is 9.62 Å². The number of β-amino-alcohol motifs (C(OH)–C–C–N with tert-alkyl or cyclic N) is 1. The molecular weight excluding hydrogens is 471 g/mol. The quantitative estimate of drug-likeness (QED) is 0.584. The maximum absolute atomic E-state index is 12.3. The van der Waals surface area contributed by atoms with Crippen LogP contribution in [0, 0.1) is 0 Å². The second kappa shape index (κ2) is 10.5. The van der Waals surface area contributed by atoms with Gasteiger partial charge in [0.1, 0.15) is 11.9 Å². The third kappa shape index (κ3) is 6.72. The molecule has 2 aromatic carbocycles. The lowest BCUT2D eigenvalue weighted by atomic mass is 10.1. The zero-order chi connectivity index (χ0) is 21.7. The molecule has 10 heteroatoms. The lowest BCUT2D eigenvalue weighted by Gasteiger charge is -2.33. The van der Waals surface area contributed by atoms with Crippen LogP contribution in [0.4, 0.5) is 0 Å². The Morgan fingerprint density at radius 2 is 1.83 bits per heavy atom. The summed E-state index contributed by atoms with van der Waals surface area (Å²) >= 11 is 17.8. The summed E-state index contributed by atoms with van der Waals surface area (Å²) in [4.78, 5) is 2.16. The number of rotatable bonds is 8. The molecule has 1 heterocycles. The van der Waals surface area contributed by atoms with Crippen molar-refractivity contribution in [3.05, 3.63) is 57.5 Å². The first kappa shape index (κ1) is 23.6. The van der Waals surface area contributed by atoms with Crippen molar-refractivity contribution in [2.75, 3.05) is 26.2 Å². The van der Waals surface area contributed by atoms with Crippen molar-refractivity contribution in [2.24, 2.45) is 0 Å². The number of aliphatic hydroxyl groups excluding tert-OH is 1. The molecule has 0 spiro atoms. The summed E-state index contributed by atoms with van der Waals surface area (Å²) in [6, 6.07) is 11.2. The predicted octanol–water partition coefficient (Wildman–Crippen LogP) is 3.83. The van der Waals surface area contributed by atoms with Gasteiger partial charge in [0.2, 0.25) is 10.0 Å². The van der Waals surface area contributed by atoms with Gasteiger partial charge in [-0.25, -0.2) is 13.1 Å². The van der Waals surface area contributed by atoms with Gasteiger partial charge < -0.3 is 14.7 Å². The van der Waals surface area contributed by atoms with E-state index in [0.717, 1.165) is 25.9 Å². The summed E-state index contributed by atoms with van der Waals surface area (Å²) in [5, 5.41) is 11.5. The number of sulfonamides is 1. The molecule has 0 aromatic heterocycles. The molecule has 0 unspecified atom stereocenters. The Bertz CT molecular complexity index is 966. The maximum Gasteiger partial charge on any atom is 0.240 e. The first-order valence-electron chi connectivity index (χ1n) is 9.50. The van der Waals surface area contributed by atoms with Gasteiger partial charge in [-0.1, -0.05) is 40.9 Å². The van der Waals surface area contributed by atoms with Crippen molar-refractivity contribution < 1.29 is 18.3 Å². The fraction of sp³-hybridized carbons (Fsp3) is 0.400. The second-order valence-electron chi connectivity index (χ2n) is 7.16. The van der Waals surface area contributed by atoms with Gasteiger partial charge in [-0.3, -0.25) is 0 Å². The number of benzene rings is 2. The van der Waals surface area contributed by atoms with Gasteiger partial charge in [0.15, 0.2) is 0 Å². The number of nitrogens with zero attached hydrogens (tertiary/aromatic N) is 1. The van der Waals surface area contributed by atoms with Crippen LogP contribution in [0.1, 0.15) is 12.8 Å². The maximum atomic E-state index is 12.3. The number of hydrogen-bond acceptors (Lipinski definition) is 5. The second-order valence-corrected chi connectivity index (χ2v) is 10.2. The Morgan fingerprint density at radius 3 is 2.50 bits per heavy atom. The fourth-order valence-corrected chi connectivity index (χ4v) is 4.90. The number of ether oxygens (including phenoxy) is 1. The normalized spacial score (nSPS) is 17.1. The van der Waals surface area contributed by atoms with Crippen LogP contribution < -0.4 is 9.46 Å². The minimum absolute atomic E-state index is 0.0527. The van der Waals surface area contributed by atoms with Crippen LogP contribution in [0.5, 0.6) is 5.75 Å². The molecule has 0 amide bonds. The van der Waals surface area contributed by atoms with Gasteiger partial charge in [0, 0.05) is 37.3 Å². The Labute approximate surface area is 191 Å². The molecule has 2 aromatic rings. The summed E-state index contributed by atoms with van der Waals surface area (Å²) in [6.45, 7) is 1.78. The summed E-state index contributed by atoms with van der Waals surface area (Å²) in [6.07, 6.45) is 0.811. The molecule has 0 aliphatic carbocycles. The largest absolute Gasteiger partial charge is 0.490 e. The molecule has 2 N–H and O–H groups in total. The molecule has 0 saturated carbocycles. The lowest BCUT2D eigenvalue weighted by Crippen LogP contribution is -2.45. The molecule has 164 valence electrons.